The first kappa shape index (κ1) is 16.7. The number of nitrogens with zero attached hydrogens (tertiary/aromatic N) is 3. The molecule has 1 amide bonds. The first-order valence-electron chi connectivity index (χ1n) is 8.95. The molecule has 0 bridgehead atoms. The third-order valence-corrected chi connectivity index (χ3v) is 5.47. The van der Waals surface area contributed by atoms with Crippen LogP contribution in [0.25, 0.3) is 16.0 Å². The molecule has 138 valence electrons. The van der Waals surface area contributed by atoms with Crippen molar-refractivity contribution in [1.29, 1.82) is 0 Å². The number of imidazole rings is 2. The summed E-state index contributed by atoms with van der Waals surface area (Å²) in [7, 11) is 0. The van der Waals surface area contributed by atoms with Crippen LogP contribution in [0.2, 0.25) is 0 Å². The number of carbonyl (C=O) groups excluding carboxylic acids is 1. The summed E-state index contributed by atoms with van der Waals surface area (Å²) in [5, 5.41) is 5.15. The number of H-pyrrole nitrogens is 1. The van der Waals surface area contributed by atoms with Crippen molar-refractivity contribution < 1.29 is 4.79 Å². The molecule has 0 saturated heterocycles. The molecule has 5 aromatic rings. The molecule has 0 aliphatic rings. The second-order valence-corrected chi connectivity index (χ2v) is 7.47. The maximum absolute atomic E-state index is 12.8. The fourth-order valence-electron chi connectivity index (χ4n) is 3.38. The van der Waals surface area contributed by atoms with Crippen molar-refractivity contribution in [3.05, 3.63) is 89.5 Å². The van der Waals surface area contributed by atoms with Crippen LogP contribution in [0.3, 0.4) is 0 Å². The second kappa shape index (κ2) is 6.94. The van der Waals surface area contributed by atoms with E-state index in [1.165, 1.54) is 0 Å². The molecule has 1 atom stereocenters. The van der Waals surface area contributed by atoms with Crippen LogP contribution in [-0.4, -0.2) is 25.3 Å². The number of hydrogen-bond donors (Lipinski definition) is 2. The van der Waals surface area contributed by atoms with Crippen LogP contribution < -0.4 is 5.32 Å². The number of rotatable bonds is 5. The van der Waals surface area contributed by atoms with Gasteiger partial charge in [-0.3, -0.25) is 9.20 Å². The summed E-state index contributed by atoms with van der Waals surface area (Å²) < 4.78 is 1.94. The van der Waals surface area contributed by atoms with Gasteiger partial charge in [0.2, 0.25) is 5.91 Å². The molecule has 0 saturated carbocycles. The summed E-state index contributed by atoms with van der Waals surface area (Å²) in [5.41, 5.74) is 4.64. The molecule has 7 heteroatoms. The molecule has 0 aliphatic heterocycles. The summed E-state index contributed by atoms with van der Waals surface area (Å²) in [6.45, 7) is 0. The van der Waals surface area contributed by atoms with E-state index in [9.17, 15) is 4.79 Å². The van der Waals surface area contributed by atoms with Crippen LogP contribution in [0, 0.1) is 0 Å². The largest absolute Gasteiger partial charge is 0.345 e. The van der Waals surface area contributed by atoms with Gasteiger partial charge in [0.25, 0.3) is 0 Å². The second-order valence-electron chi connectivity index (χ2n) is 6.59. The lowest BCUT2D eigenvalue weighted by Crippen LogP contribution is -2.30. The number of aromatic nitrogens is 4. The first-order valence-corrected chi connectivity index (χ1v) is 9.83. The zero-order valence-electron chi connectivity index (χ0n) is 14.9. The number of aromatic amines is 1. The summed E-state index contributed by atoms with van der Waals surface area (Å²) >= 11 is 1.56. The van der Waals surface area contributed by atoms with Crippen LogP contribution in [0.4, 0.5) is 0 Å². The van der Waals surface area contributed by atoms with E-state index < -0.39 is 0 Å². The lowest BCUT2D eigenvalue weighted by molar-refractivity contribution is -0.121. The standard InChI is InChI=1S/C21H17N5OS/c27-19(11-16-12-26-8-9-28-21(26)24-16)25-20(14-4-2-1-3-5-14)15-6-7-17-18(10-15)23-13-22-17/h1-10,12-13,20H,11H2,(H,22,23)(H,25,27)/t20-/m1/s1. The minimum atomic E-state index is -0.245. The Kier molecular flexibility index (Phi) is 4.14. The highest BCUT2D eigenvalue weighted by Gasteiger charge is 2.18. The zero-order valence-corrected chi connectivity index (χ0v) is 15.7. The lowest BCUT2D eigenvalue weighted by atomic mass is 9.98. The van der Waals surface area contributed by atoms with Gasteiger partial charge in [-0.2, -0.15) is 0 Å². The molecule has 0 aliphatic carbocycles. The molecular formula is C21H17N5OS. The monoisotopic (exact) mass is 387 g/mol. The number of hydrogen-bond acceptors (Lipinski definition) is 4. The van der Waals surface area contributed by atoms with E-state index in [2.05, 4.69) is 20.3 Å². The van der Waals surface area contributed by atoms with Gasteiger partial charge in [0.15, 0.2) is 4.96 Å². The van der Waals surface area contributed by atoms with E-state index in [0.29, 0.717) is 0 Å². The first-order chi connectivity index (χ1) is 13.8. The number of carbonyl (C=O) groups is 1. The molecule has 3 heterocycles. The fraction of sp³-hybridized carbons (Fsp3) is 0.0952. The molecular weight excluding hydrogens is 370 g/mol. The van der Waals surface area contributed by atoms with Crippen molar-refractivity contribution in [1.82, 2.24) is 24.7 Å². The Labute approximate surface area is 164 Å². The van der Waals surface area contributed by atoms with Crippen LogP contribution in [0.1, 0.15) is 22.9 Å². The van der Waals surface area contributed by atoms with Crippen molar-refractivity contribution >= 4 is 33.2 Å². The Bertz CT molecular complexity index is 1230. The third-order valence-electron chi connectivity index (χ3n) is 4.70. The van der Waals surface area contributed by atoms with Gasteiger partial charge in [0.1, 0.15) is 0 Å². The van der Waals surface area contributed by atoms with E-state index >= 15 is 0 Å². The minimum Gasteiger partial charge on any atom is -0.345 e. The molecule has 0 fully saturated rings. The molecule has 6 nitrogen and oxygen atoms in total. The number of fused-ring (bicyclic) bond motifs is 2. The van der Waals surface area contributed by atoms with Gasteiger partial charge in [0, 0.05) is 17.8 Å². The Balaban J connectivity index is 1.43. The topological polar surface area (TPSA) is 75.1 Å². The highest BCUT2D eigenvalue weighted by molar-refractivity contribution is 7.15. The van der Waals surface area contributed by atoms with Crippen LogP contribution in [-0.2, 0) is 11.2 Å². The molecule has 28 heavy (non-hydrogen) atoms. The number of amides is 1. The fourth-order valence-corrected chi connectivity index (χ4v) is 4.09. The van der Waals surface area contributed by atoms with E-state index in [1.54, 1.807) is 17.7 Å². The summed E-state index contributed by atoms with van der Waals surface area (Å²) in [4.78, 5) is 25.6. The summed E-state index contributed by atoms with van der Waals surface area (Å²) in [6.07, 6.45) is 5.76. The molecule has 0 unspecified atom stereocenters. The molecule has 0 spiro atoms. The normalized spacial score (nSPS) is 12.4. The SMILES string of the molecule is O=C(Cc1cn2ccsc2n1)N[C@H](c1ccccc1)c1ccc2nc[nH]c2c1. The van der Waals surface area contributed by atoms with Crippen molar-refractivity contribution in [3.63, 3.8) is 0 Å². The molecule has 3 aromatic heterocycles. The molecule has 0 radical (unpaired) electrons. The highest BCUT2D eigenvalue weighted by Crippen LogP contribution is 2.25. The van der Waals surface area contributed by atoms with Crippen LogP contribution >= 0.6 is 11.3 Å². The van der Waals surface area contributed by atoms with Gasteiger partial charge in [-0.1, -0.05) is 36.4 Å². The van der Waals surface area contributed by atoms with Gasteiger partial charge >= 0.3 is 0 Å². The summed E-state index contributed by atoms with van der Waals surface area (Å²) in [5.74, 6) is -0.0655. The van der Waals surface area contributed by atoms with Gasteiger partial charge in [-0.05, 0) is 23.3 Å². The quantitative estimate of drug-likeness (QED) is 0.483. The Morgan fingerprint density at radius 2 is 2.07 bits per heavy atom. The summed E-state index contributed by atoms with van der Waals surface area (Å²) in [6, 6.07) is 15.7. The van der Waals surface area contributed by atoms with Crippen LogP contribution in [0.15, 0.2) is 72.6 Å². The molecule has 2 aromatic carbocycles. The van der Waals surface area contributed by atoms with Gasteiger partial charge < -0.3 is 10.3 Å². The number of benzene rings is 2. The molecule has 2 N–H and O–H groups in total. The van der Waals surface area contributed by atoms with E-state index in [4.69, 9.17) is 0 Å². The molecule has 5 rings (SSSR count). The maximum atomic E-state index is 12.8. The van der Waals surface area contributed by atoms with Gasteiger partial charge in [-0.15, -0.1) is 11.3 Å². The number of nitrogens with one attached hydrogen (secondary N) is 2. The average Bonchev–Trinajstić information content (AvgIpc) is 3.42. The third kappa shape index (κ3) is 3.16. The van der Waals surface area contributed by atoms with Gasteiger partial charge in [-0.25, -0.2) is 9.97 Å². The van der Waals surface area contributed by atoms with Crippen molar-refractivity contribution in [2.45, 2.75) is 12.5 Å². The predicted molar refractivity (Wildman–Crippen MR) is 109 cm³/mol. The van der Waals surface area contributed by atoms with E-state index in [1.807, 2.05) is 70.7 Å². The van der Waals surface area contributed by atoms with Crippen LogP contribution in [0.5, 0.6) is 0 Å². The highest BCUT2D eigenvalue weighted by atomic mass is 32.1. The predicted octanol–water partition coefficient (Wildman–Crippen LogP) is 3.72. The van der Waals surface area contributed by atoms with Gasteiger partial charge in [0.05, 0.1) is 35.5 Å². The van der Waals surface area contributed by atoms with Crippen molar-refractivity contribution in [2.75, 3.05) is 0 Å². The Morgan fingerprint density at radius 3 is 2.93 bits per heavy atom. The Hall–Kier alpha value is -3.45. The smallest absolute Gasteiger partial charge is 0.226 e. The minimum absolute atomic E-state index is 0.0655. The maximum Gasteiger partial charge on any atom is 0.226 e. The zero-order chi connectivity index (χ0) is 18.9. The van der Waals surface area contributed by atoms with Crippen molar-refractivity contribution in [2.24, 2.45) is 0 Å². The van der Waals surface area contributed by atoms with E-state index in [0.717, 1.165) is 32.8 Å². The average molecular weight is 387 g/mol. The Morgan fingerprint density at radius 1 is 1.18 bits per heavy atom. The van der Waals surface area contributed by atoms with Crippen molar-refractivity contribution in [3.8, 4) is 0 Å². The lowest BCUT2D eigenvalue weighted by Gasteiger charge is -2.20. The van der Waals surface area contributed by atoms with E-state index in [-0.39, 0.29) is 18.4 Å². The number of thiazole rings is 1.